The molecule has 6 heteroatoms. The minimum Gasteiger partial charge on any atom is -0.489 e. The summed E-state index contributed by atoms with van der Waals surface area (Å²) >= 11 is 0. The molecule has 0 amide bonds. The van der Waals surface area contributed by atoms with Gasteiger partial charge < -0.3 is 9.84 Å². The van der Waals surface area contributed by atoms with Crippen molar-refractivity contribution in [3.05, 3.63) is 29.8 Å². The minimum atomic E-state index is -3.38. The number of carboxylic acids is 1. The van der Waals surface area contributed by atoms with Crippen LogP contribution in [0.4, 0.5) is 0 Å². The number of benzene rings is 1. The van der Waals surface area contributed by atoms with Gasteiger partial charge in [0.2, 0.25) is 0 Å². The Labute approximate surface area is 105 Å². The SMILES string of the molecule is O=C(O)CCS(=O)(=O)CC1Cc2ccccc2O1. The van der Waals surface area contributed by atoms with Crippen LogP contribution in [0.2, 0.25) is 0 Å². The van der Waals surface area contributed by atoms with Crippen LogP contribution < -0.4 is 4.74 Å². The molecule has 0 fully saturated rings. The minimum absolute atomic E-state index is 0.130. The fraction of sp³-hybridized carbons (Fsp3) is 0.417. The van der Waals surface area contributed by atoms with Crippen molar-refractivity contribution < 1.29 is 23.1 Å². The number of rotatable bonds is 5. The van der Waals surface area contributed by atoms with Crippen LogP contribution in [0.5, 0.6) is 5.75 Å². The summed E-state index contributed by atoms with van der Waals surface area (Å²) in [5.74, 6) is -0.849. The van der Waals surface area contributed by atoms with Crippen LogP contribution in [0.3, 0.4) is 0 Å². The van der Waals surface area contributed by atoms with Gasteiger partial charge in [0.15, 0.2) is 9.84 Å². The lowest BCUT2D eigenvalue weighted by molar-refractivity contribution is -0.136. The van der Waals surface area contributed by atoms with Crippen molar-refractivity contribution >= 4 is 15.8 Å². The highest BCUT2D eigenvalue weighted by Gasteiger charge is 2.27. The molecule has 5 nitrogen and oxygen atoms in total. The molecule has 0 saturated heterocycles. The molecule has 0 radical (unpaired) electrons. The van der Waals surface area contributed by atoms with Crippen molar-refractivity contribution in [1.29, 1.82) is 0 Å². The highest BCUT2D eigenvalue weighted by molar-refractivity contribution is 7.91. The van der Waals surface area contributed by atoms with Crippen LogP contribution in [0.25, 0.3) is 0 Å². The van der Waals surface area contributed by atoms with Crippen molar-refractivity contribution in [3.63, 3.8) is 0 Å². The van der Waals surface area contributed by atoms with Crippen molar-refractivity contribution in [2.75, 3.05) is 11.5 Å². The first kappa shape index (κ1) is 12.9. The number of carboxylic acid groups (broad SMARTS) is 1. The van der Waals surface area contributed by atoms with E-state index in [-0.39, 0.29) is 17.9 Å². The van der Waals surface area contributed by atoms with Gasteiger partial charge in [-0.25, -0.2) is 8.42 Å². The Morgan fingerprint density at radius 2 is 2.11 bits per heavy atom. The number of ether oxygens (including phenoxy) is 1. The molecule has 0 saturated carbocycles. The van der Waals surface area contributed by atoms with Gasteiger partial charge in [-0.15, -0.1) is 0 Å². The lowest BCUT2D eigenvalue weighted by Gasteiger charge is -2.10. The van der Waals surface area contributed by atoms with E-state index in [1.807, 2.05) is 18.2 Å². The second kappa shape index (κ2) is 4.97. The molecular weight excluding hydrogens is 256 g/mol. The van der Waals surface area contributed by atoms with Gasteiger partial charge in [-0.05, 0) is 11.6 Å². The number of sulfone groups is 1. The van der Waals surface area contributed by atoms with E-state index in [9.17, 15) is 13.2 Å². The zero-order chi connectivity index (χ0) is 13.2. The topological polar surface area (TPSA) is 80.7 Å². The molecule has 1 atom stereocenters. The Morgan fingerprint density at radius 3 is 2.78 bits per heavy atom. The Morgan fingerprint density at radius 1 is 1.39 bits per heavy atom. The molecule has 98 valence electrons. The lowest BCUT2D eigenvalue weighted by atomic mass is 10.1. The van der Waals surface area contributed by atoms with Crippen molar-refractivity contribution in [1.82, 2.24) is 0 Å². The second-order valence-electron chi connectivity index (χ2n) is 4.31. The number of hydrogen-bond donors (Lipinski definition) is 1. The molecule has 1 N–H and O–H groups in total. The van der Waals surface area contributed by atoms with Crippen LogP contribution in [-0.4, -0.2) is 37.1 Å². The van der Waals surface area contributed by atoms with Gasteiger partial charge in [-0.2, -0.15) is 0 Å². The standard InChI is InChI=1S/C12H14O5S/c13-12(14)5-6-18(15,16)8-10-7-9-3-1-2-4-11(9)17-10/h1-4,10H,5-8H2,(H,13,14). The summed E-state index contributed by atoms with van der Waals surface area (Å²) in [7, 11) is -3.38. The zero-order valence-electron chi connectivity index (χ0n) is 9.70. The summed E-state index contributed by atoms with van der Waals surface area (Å²) in [6, 6.07) is 7.42. The number of fused-ring (bicyclic) bond motifs is 1. The summed E-state index contributed by atoms with van der Waals surface area (Å²) in [4.78, 5) is 10.4. The predicted molar refractivity (Wildman–Crippen MR) is 65.5 cm³/mol. The normalized spacial score (nSPS) is 18.1. The molecule has 1 unspecified atom stereocenters. The van der Waals surface area contributed by atoms with Crippen LogP contribution in [0.15, 0.2) is 24.3 Å². The maximum atomic E-state index is 11.7. The zero-order valence-corrected chi connectivity index (χ0v) is 10.5. The van der Waals surface area contributed by atoms with E-state index in [1.54, 1.807) is 6.07 Å². The highest BCUT2D eigenvalue weighted by Crippen LogP contribution is 2.28. The Bertz CT molecular complexity index is 524. The fourth-order valence-electron chi connectivity index (χ4n) is 1.96. The molecular formula is C12H14O5S. The first-order chi connectivity index (χ1) is 8.46. The summed E-state index contributed by atoms with van der Waals surface area (Å²) in [6.45, 7) is 0. The van der Waals surface area contributed by atoms with E-state index in [1.165, 1.54) is 0 Å². The lowest BCUT2D eigenvalue weighted by Crippen LogP contribution is -2.27. The molecule has 0 bridgehead atoms. The number of aliphatic carboxylic acids is 1. The third kappa shape index (κ3) is 3.22. The molecule has 1 aliphatic rings. The van der Waals surface area contributed by atoms with Gasteiger partial charge in [0.25, 0.3) is 0 Å². The molecule has 1 aromatic rings. The summed E-state index contributed by atoms with van der Waals surface area (Å²) < 4.78 is 28.9. The number of hydrogen-bond acceptors (Lipinski definition) is 4. The molecule has 1 aromatic carbocycles. The van der Waals surface area contributed by atoms with Crippen molar-refractivity contribution in [2.45, 2.75) is 18.9 Å². The molecule has 1 heterocycles. The van der Waals surface area contributed by atoms with E-state index in [0.29, 0.717) is 6.42 Å². The van der Waals surface area contributed by atoms with Gasteiger partial charge in [0.05, 0.1) is 17.9 Å². The average Bonchev–Trinajstić information content (AvgIpc) is 2.67. The van der Waals surface area contributed by atoms with Crippen molar-refractivity contribution in [3.8, 4) is 5.75 Å². The number of carbonyl (C=O) groups is 1. The average molecular weight is 270 g/mol. The predicted octanol–water partition coefficient (Wildman–Crippen LogP) is 0.880. The smallest absolute Gasteiger partial charge is 0.304 e. The maximum Gasteiger partial charge on any atom is 0.304 e. The van der Waals surface area contributed by atoms with E-state index >= 15 is 0 Å². The highest BCUT2D eigenvalue weighted by atomic mass is 32.2. The van der Waals surface area contributed by atoms with Crippen molar-refractivity contribution in [2.24, 2.45) is 0 Å². The van der Waals surface area contributed by atoms with E-state index < -0.39 is 21.9 Å². The molecule has 2 rings (SSSR count). The van der Waals surface area contributed by atoms with Crippen LogP contribution in [0, 0.1) is 0 Å². The van der Waals surface area contributed by atoms with Gasteiger partial charge >= 0.3 is 5.97 Å². The van der Waals surface area contributed by atoms with Crippen LogP contribution >= 0.6 is 0 Å². The van der Waals surface area contributed by atoms with E-state index in [0.717, 1.165) is 11.3 Å². The third-order valence-corrected chi connectivity index (χ3v) is 4.49. The molecule has 0 aromatic heterocycles. The molecule has 1 aliphatic heterocycles. The van der Waals surface area contributed by atoms with Gasteiger partial charge in [0, 0.05) is 6.42 Å². The Kier molecular flexibility index (Phi) is 3.56. The van der Waals surface area contributed by atoms with Crippen LogP contribution in [-0.2, 0) is 21.1 Å². The summed E-state index contributed by atoms with van der Waals surface area (Å²) in [5.41, 5.74) is 0.996. The van der Waals surface area contributed by atoms with Gasteiger partial charge in [-0.1, -0.05) is 18.2 Å². The molecule has 0 spiro atoms. The Balaban J connectivity index is 1.95. The second-order valence-corrected chi connectivity index (χ2v) is 6.54. The largest absolute Gasteiger partial charge is 0.489 e. The first-order valence-electron chi connectivity index (χ1n) is 5.63. The number of para-hydroxylation sites is 1. The van der Waals surface area contributed by atoms with E-state index in [2.05, 4.69) is 0 Å². The third-order valence-electron chi connectivity index (χ3n) is 2.78. The maximum absolute atomic E-state index is 11.7. The monoisotopic (exact) mass is 270 g/mol. The van der Waals surface area contributed by atoms with Gasteiger partial charge in [0.1, 0.15) is 11.9 Å². The first-order valence-corrected chi connectivity index (χ1v) is 7.45. The Hall–Kier alpha value is -1.56. The molecule has 0 aliphatic carbocycles. The molecule has 18 heavy (non-hydrogen) atoms. The van der Waals surface area contributed by atoms with Gasteiger partial charge in [-0.3, -0.25) is 4.79 Å². The van der Waals surface area contributed by atoms with E-state index in [4.69, 9.17) is 9.84 Å². The quantitative estimate of drug-likeness (QED) is 0.859. The van der Waals surface area contributed by atoms with Crippen LogP contribution in [0.1, 0.15) is 12.0 Å². The summed E-state index contributed by atoms with van der Waals surface area (Å²) in [6.07, 6.45) is -0.203. The summed E-state index contributed by atoms with van der Waals surface area (Å²) in [5, 5.41) is 8.48. The fourth-order valence-corrected chi connectivity index (χ4v) is 3.36.